The summed E-state index contributed by atoms with van der Waals surface area (Å²) in [7, 11) is 0. The largest absolute Gasteiger partial charge is 0.393 e. The molecule has 0 fully saturated rings. The molecule has 2 aromatic rings. The standard InChI is InChI=1S/C11H12BrN3O/c1-8(16)5-11-7-13-14-15(11)10-4-2-3-9(12)6-10/h2-4,6-8,16H,5H2,1H3. The van der Waals surface area contributed by atoms with Crippen LogP contribution >= 0.6 is 15.9 Å². The Labute approximate surface area is 102 Å². The van der Waals surface area contributed by atoms with E-state index in [1.54, 1.807) is 17.8 Å². The zero-order valence-electron chi connectivity index (χ0n) is 8.84. The number of nitrogens with zero attached hydrogens (tertiary/aromatic N) is 3. The van der Waals surface area contributed by atoms with Gasteiger partial charge in [0.05, 0.1) is 23.7 Å². The molecule has 0 saturated carbocycles. The highest BCUT2D eigenvalue weighted by Crippen LogP contribution is 2.16. The highest BCUT2D eigenvalue weighted by Gasteiger charge is 2.08. The summed E-state index contributed by atoms with van der Waals surface area (Å²) < 4.78 is 2.72. The van der Waals surface area contributed by atoms with Gasteiger partial charge in [-0.1, -0.05) is 27.2 Å². The van der Waals surface area contributed by atoms with Crippen LogP contribution in [0.15, 0.2) is 34.9 Å². The van der Waals surface area contributed by atoms with Crippen molar-refractivity contribution in [2.24, 2.45) is 0 Å². The number of aromatic nitrogens is 3. The lowest BCUT2D eigenvalue weighted by Crippen LogP contribution is -2.10. The molecule has 1 unspecified atom stereocenters. The Morgan fingerprint density at radius 2 is 2.31 bits per heavy atom. The minimum atomic E-state index is -0.399. The fourth-order valence-electron chi connectivity index (χ4n) is 1.52. The van der Waals surface area contributed by atoms with Crippen molar-refractivity contribution >= 4 is 15.9 Å². The SMILES string of the molecule is CC(O)Cc1cnnn1-c1cccc(Br)c1. The molecule has 0 saturated heterocycles. The van der Waals surface area contributed by atoms with Crippen LogP contribution in [0.4, 0.5) is 0 Å². The molecule has 5 heteroatoms. The highest BCUT2D eigenvalue weighted by molar-refractivity contribution is 9.10. The maximum absolute atomic E-state index is 9.37. The van der Waals surface area contributed by atoms with E-state index in [4.69, 9.17) is 0 Å². The fourth-order valence-corrected chi connectivity index (χ4v) is 1.91. The molecule has 0 spiro atoms. The summed E-state index contributed by atoms with van der Waals surface area (Å²) in [6.07, 6.45) is 1.82. The Morgan fingerprint density at radius 3 is 3.00 bits per heavy atom. The molecule has 2 rings (SSSR count). The summed E-state index contributed by atoms with van der Waals surface area (Å²) in [6, 6.07) is 7.80. The van der Waals surface area contributed by atoms with Gasteiger partial charge in [-0.2, -0.15) is 0 Å². The summed E-state index contributed by atoms with van der Waals surface area (Å²) in [4.78, 5) is 0. The lowest BCUT2D eigenvalue weighted by Gasteiger charge is -2.07. The Kier molecular flexibility index (Phi) is 3.36. The number of hydrogen-bond acceptors (Lipinski definition) is 3. The van der Waals surface area contributed by atoms with Crippen molar-refractivity contribution in [3.63, 3.8) is 0 Å². The van der Waals surface area contributed by atoms with E-state index >= 15 is 0 Å². The molecule has 84 valence electrons. The first-order valence-corrected chi connectivity index (χ1v) is 5.79. The average molecular weight is 282 g/mol. The van der Waals surface area contributed by atoms with Crippen LogP contribution in [0.3, 0.4) is 0 Å². The zero-order chi connectivity index (χ0) is 11.5. The maximum atomic E-state index is 9.37. The zero-order valence-corrected chi connectivity index (χ0v) is 10.4. The normalized spacial score (nSPS) is 12.7. The molecule has 16 heavy (non-hydrogen) atoms. The average Bonchev–Trinajstić information content (AvgIpc) is 2.65. The van der Waals surface area contributed by atoms with Crippen molar-refractivity contribution in [3.05, 3.63) is 40.6 Å². The second-order valence-corrected chi connectivity index (χ2v) is 4.59. The molecule has 0 aliphatic heterocycles. The number of benzene rings is 1. The third kappa shape index (κ3) is 2.48. The van der Waals surface area contributed by atoms with Gasteiger partial charge >= 0.3 is 0 Å². The molecule has 0 aliphatic rings. The molecule has 1 N–H and O–H groups in total. The van der Waals surface area contributed by atoms with E-state index in [1.807, 2.05) is 24.3 Å². The molecule has 0 radical (unpaired) electrons. The van der Waals surface area contributed by atoms with Gasteiger partial charge in [0.1, 0.15) is 0 Å². The molecule has 0 amide bonds. The van der Waals surface area contributed by atoms with Crippen molar-refractivity contribution in [3.8, 4) is 5.69 Å². The van der Waals surface area contributed by atoms with E-state index in [0.29, 0.717) is 6.42 Å². The van der Waals surface area contributed by atoms with Gasteiger partial charge in [-0.3, -0.25) is 0 Å². The number of rotatable bonds is 3. The van der Waals surface area contributed by atoms with Crippen LogP contribution in [0, 0.1) is 0 Å². The van der Waals surface area contributed by atoms with E-state index in [2.05, 4.69) is 26.2 Å². The van der Waals surface area contributed by atoms with Crippen LogP contribution in [0.25, 0.3) is 5.69 Å². The topological polar surface area (TPSA) is 50.9 Å². The lowest BCUT2D eigenvalue weighted by molar-refractivity contribution is 0.193. The molecule has 0 aliphatic carbocycles. The first-order valence-electron chi connectivity index (χ1n) is 5.00. The molecule has 4 nitrogen and oxygen atoms in total. The summed E-state index contributed by atoms with van der Waals surface area (Å²) in [5.74, 6) is 0. The summed E-state index contributed by atoms with van der Waals surface area (Å²) >= 11 is 3.41. The van der Waals surface area contributed by atoms with E-state index in [0.717, 1.165) is 15.9 Å². The summed E-state index contributed by atoms with van der Waals surface area (Å²) in [5.41, 5.74) is 1.83. The number of halogens is 1. The lowest BCUT2D eigenvalue weighted by atomic mass is 10.2. The Morgan fingerprint density at radius 1 is 1.50 bits per heavy atom. The van der Waals surface area contributed by atoms with Crippen LogP contribution in [-0.4, -0.2) is 26.2 Å². The van der Waals surface area contributed by atoms with Crippen molar-refractivity contribution < 1.29 is 5.11 Å². The van der Waals surface area contributed by atoms with Crippen LogP contribution in [-0.2, 0) is 6.42 Å². The molecule has 1 atom stereocenters. The second kappa shape index (κ2) is 4.76. The highest BCUT2D eigenvalue weighted by atomic mass is 79.9. The first-order chi connectivity index (χ1) is 7.66. The fraction of sp³-hybridized carbons (Fsp3) is 0.273. The molecule has 1 aromatic carbocycles. The van der Waals surface area contributed by atoms with E-state index in [1.165, 1.54) is 0 Å². The van der Waals surface area contributed by atoms with Gasteiger partial charge in [-0.15, -0.1) is 5.10 Å². The molecule has 1 aromatic heterocycles. The van der Waals surface area contributed by atoms with Gasteiger partial charge in [0.15, 0.2) is 0 Å². The Hall–Kier alpha value is -1.20. The van der Waals surface area contributed by atoms with Crippen molar-refractivity contribution in [2.75, 3.05) is 0 Å². The van der Waals surface area contributed by atoms with Crippen molar-refractivity contribution in [1.82, 2.24) is 15.0 Å². The molecule has 0 bridgehead atoms. The van der Waals surface area contributed by atoms with Crippen molar-refractivity contribution in [2.45, 2.75) is 19.4 Å². The van der Waals surface area contributed by atoms with E-state index in [-0.39, 0.29) is 0 Å². The monoisotopic (exact) mass is 281 g/mol. The van der Waals surface area contributed by atoms with Crippen LogP contribution < -0.4 is 0 Å². The van der Waals surface area contributed by atoms with Gasteiger partial charge in [0.2, 0.25) is 0 Å². The van der Waals surface area contributed by atoms with Gasteiger partial charge in [-0.25, -0.2) is 4.68 Å². The van der Waals surface area contributed by atoms with Crippen LogP contribution in [0.5, 0.6) is 0 Å². The molecular formula is C11H12BrN3O. The third-order valence-corrected chi connectivity index (χ3v) is 2.67. The second-order valence-electron chi connectivity index (χ2n) is 3.67. The smallest absolute Gasteiger partial charge is 0.0730 e. The van der Waals surface area contributed by atoms with Crippen LogP contribution in [0.1, 0.15) is 12.6 Å². The van der Waals surface area contributed by atoms with Gasteiger partial charge in [-0.05, 0) is 25.1 Å². The van der Waals surface area contributed by atoms with Gasteiger partial charge in [0.25, 0.3) is 0 Å². The Balaban J connectivity index is 2.37. The number of aliphatic hydroxyl groups is 1. The minimum absolute atomic E-state index is 0.399. The van der Waals surface area contributed by atoms with Crippen molar-refractivity contribution in [1.29, 1.82) is 0 Å². The Bertz CT molecular complexity index is 482. The third-order valence-electron chi connectivity index (χ3n) is 2.18. The van der Waals surface area contributed by atoms with E-state index in [9.17, 15) is 5.11 Å². The quantitative estimate of drug-likeness (QED) is 0.936. The van der Waals surface area contributed by atoms with Gasteiger partial charge in [0, 0.05) is 10.9 Å². The minimum Gasteiger partial charge on any atom is -0.393 e. The predicted octanol–water partition coefficient (Wildman–Crippen LogP) is 1.95. The molecule has 1 heterocycles. The summed E-state index contributed by atoms with van der Waals surface area (Å²) in [6.45, 7) is 1.75. The van der Waals surface area contributed by atoms with Crippen LogP contribution in [0.2, 0.25) is 0 Å². The number of aliphatic hydroxyl groups excluding tert-OH is 1. The summed E-state index contributed by atoms with van der Waals surface area (Å²) in [5, 5.41) is 17.3. The number of hydrogen-bond donors (Lipinski definition) is 1. The van der Waals surface area contributed by atoms with Gasteiger partial charge < -0.3 is 5.11 Å². The first kappa shape index (κ1) is 11.3. The molecular weight excluding hydrogens is 270 g/mol. The van der Waals surface area contributed by atoms with E-state index < -0.39 is 6.10 Å². The predicted molar refractivity (Wildman–Crippen MR) is 64.4 cm³/mol. The maximum Gasteiger partial charge on any atom is 0.0730 e.